The van der Waals surface area contributed by atoms with Crippen molar-refractivity contribution in [3.05, 3.63) is 47.9 Å². The quantitative estimate of drug-likeness (QED) is 0.407. The van der Waals surface area contributed by atoms with Gasteiger partial charge < -0.3 is 27.8 Å². The topological polar surface area (TPSA) is 145 Å². The molecule has 1 amide bonds. The van der Waals surface area contributed by atoms with Crippen LogP contribution < -0.4 is 27.8 Å². The van der Waals surface area contributed by atoms with E-state index in [1.54, 1.807) is 18.3 Å². The van der Waals surface area contributed by atoms with Crippen LogP contribution in [0.25, 0.3) is 10.9 Å². The molecule has 2 unspecified atom stereocenters. The maximum Gasteiger partial charge on any atom is 0.252 e. The van der Waals surface area contributed by atoms with Crippen LogP contribution in [0.4, 0.5) is 27.4 Å². The SMILES string of the molecule is NC(=O)c1cc(F)c(NC2CCCCC2N)nc1Nc1cnc2cc(N)ccc2c1. The second-order valence-corrected chi connectivity index (χ2v) is 7.58. The molecule has 2 atom stereocenters. The number of fused-ring (bicyclic) bond motifs is 1. The number of halogens is 1. The third-order valence-corrected chi connectivity index (χ3v) is 5.35. The minimum absolute atomic E-state index is 0.0337. The van der Waals surface area contributed by atoms with Gasteiger partial charge in [-0.2, -0.15) is 0 Å². The Morgan fingerprint density at radius 1 is 1.13 bits per heavy atom. The van der Waals surface area contributed by atoms with Crippen LogP contribution in [0.1, 0.15) is 36.0 Å². The Kier molecular flexibility index (Phi) is 5.37. The lowest BCUT2D eigenvalue weighted by Gasteiger charge is -2.30. The standard InChI is InChI=1S/C21H24FN7O/c22-15-9-14(19(25)30)20(29-21(15)28-17-4-2-1-3-16(17)24)27-13-7-11-5-6-12(23)8-18(11)26-10-13/h5-10,16-17H,1-4,23-24H2,(H2,25,30)(H2,27,28,29). The predicted molar refractivity (Wildman–Crippen MR) is 116 cm³/mol. The molecule has 1 aliphatic carbocycles. The zero-order valence-electron chi connectivity index (χ0n) is 16.4. The fourth-order valence-corrected chi connectivity index (χ4v) is 3.73. The Hall–Kier alpha value is -3.46. The van der Waals surface area contributed by atoms with Crippen LogP contribution in [0.3, 0.4) is 0 Å². The lowest BCUT2D eigenvalue weighted by molar-refractivity contribution is 0.100. The summed E-state index contributed by atoms with van der Waals surface area (Å²) in [5.74, 6) is -1.26. The van der Waals surface area contributed by atoms with E-state index in [1.165, 1.54) is 0 Å². The van der Waals surface area contributed by atoms with Gasteiger partial charge in [0.25, 0.3) is 5.91 Å². The van der Waals surface area contributed by atoms with Crippen molar-refractivity contribution in [3.63, 3.8) is 0 Å². The summed E-state index contributed by atoms with van der Waals surface area (Å²) >= 11 is 0. The molecule has 2 heterocycles. The van der Waals surface area contributed by atoms with E-state index in [0.29, 0.717) is 11.4 Å². The second kappa shape index (κ2) is 8.11. The molecule has 4 rings (SSSR count). The van der Waals surface area contributed by atoms with Crippen molar-refractivity contribution in [1.29, 1.82) is 0 Å². The van der Waals surface area contributed by atoms with Crippen LogP contribution in [0.15, 0.2) is 36.5 Å². The van der Waals surface area contributed by atoms with Gasteiger partial charge in [0.15, 0.2) is 11.6 Å². The van der Waals surface area contributed by atoms with Crippen LogP contribution in [0, 0.1) is 5.82 Å². The van der Waals surface area contributed by atoms with Crippen LogP contribution >= 0.6 is 0 Å². The van der Waals surface area contributed by atoms with Crippen LogP contribution in [-0.2, 0) is 0 Å². The Labute approximate surface area is 173 Å². The molecule has 1 fully saturated rings. The molecular weight excluding hydrogens is 385 g/mol. The Balaban J connectivity index is 1.67. The molecule has 0 spiro atoms. The van der Waals surface area contributed by atoms with Gasteiger partial charge in [0, 0.05) is 23.2 Å². The van der Waals surface area contributed by atoms with E-state index in [0.717, 1.165) is 42.7 Å². The molecule has 0 saturated heterocycles. The van der Waals surface area contributed by atoms with Gasteiger partial charge in [0.1, 0.15) is 5.82 Å². The van der Waals surface area contributed by atoms with E-state index < -0.39 is 11.7 Å². The second-order valence-electron chi connectivity index (χ2n) is 7.58. The lowest BCUT2D eigenvalue weighted by atomic mass is 9.91. The largest absolute Gasteiger partial charge is 0.399 e. The predicted octanol–water partition coefficient (Wildman–Crippen LogP) is 2.88. The first kappa shape index (κ1) is 19.8. The molecule has 0 radical (unpaired) electrons. The van der Waals surface area contributed by atoms with Crippen molar-refractivity contribution < 1.29 is 9.18 Å². The molecule has 8 nitrogen and oxygen atoms in total. The molecule has 2 aromatic heterocycles. The van der Waals surface area contributed by atoms with Gasteiger partial charge in [0.05, 0.1) is 23.0 Å². The first-order valence-electron chi connectivity index (χ1n) is 9.85. The van der Waals surface area contributed by atoms with Gasteiger partial charge in [-0.05, 0) is 37.1 Å². The summed E-state index contributed by atoms with van der Waals surface area (Å²) in [6.45, 7) is 0. The molecule has 3 aromatic rings. The number of nitrogen functional groups attached to an aromatic ring is 1. The maximum atomic E-state index is 14.6. The molecule has 30 heavy (non-hydrogen) atoms. The van der Waals surface area contributed by atoms with Gasteiger partial charge >= 0.3 is 0 Å². The van der Waals surface area contributed by atoms with Gasteiger partial charge in [-0.15, -0.1) is 0 Å². The van der Waals surface area contributed by atoms with Crippen molar-refractivity contribution in [1.82, 2.24) is 9.97 Å². The fourth-order valence-electron chi connectivity index (χ4n) is 3.73. The number of nitrogens with zero attached hydrogens (tertiary/aromatic N) is 2. The van der Waals surface area contributed by atoms with E-state index in [9.17, 15) is 9.18 Å². The number of nitrogens with one attached hydrogen (secondary N) is 2. The fraction of sp³-hybridized carbons (Fsp3) is 0.286. The number of carbonyl (C=O) groups is 1. The highest BCUT2D eigenvalue weighted by Crippen LogP contribution is 2.27. The van der Waals surface area contributed by atoms with E-state index in [4.69, 9.17) is 17.2 Å². The summed E-state index contributed by atoms with van der Waals surface area (Å²) < 4.78 is 14.6. The number of primary amides is 1. The first-order valence-corrected chi connectivity index (χ1v) is 9.85. The summed E-state index contributed by atoms with van der Waals surface area (Å²) in [5.41, 5.74) is 19.3. The average Bonchev–Trinajstić information content (AvgIpc) is 2.71. The van der Waals surface area contributed by atoms with E-state index in [1.807, 2.05) is 12.1 Å². The lowest BCUT2D eigenvalue weighted by Crippen LogP contribution is -2.43. The summed E-state index contributed by atoms with van der Waals surface area (Å²) in [4.78, 5) is 20.5. The van der Waals surface area contributed by atoms with Gasteiger partial charge in [-0.1, -0.05) is 18.9 Å². The molecule has 0 aliphatic heterocycles. The number of pyridine rings is 2. The number of rotatable bonds is 5. The molecule has 0 bridgehead atoms. The van der Waals surface area contributed by atoms with E-state index in [-0.39, 0.29) is 29.3 Å². The number of hydrogen-bond donors (Lipinski definition) is 5. The summed E-state index contributed by atoms with van der Waals surface area (Å²) in [7, 11) is 0. The van der Waals surface area contributed by atoms with Gasteiger partial charge in [0.2, 0.25) is 0 Å². The van der Waals surface area contributed by atoms with Crippen molar-refractivity contribution in [2.45, 2.75) is 37.8 Å². The average molecular weight is 409 g/mol. The normalized spacial score (nSPS) is 18.9. The molecule has 1 aliphatic rings. The molecule has 156 valence electrons. The minimum Gasteiger partial charge on any atom is -0.399 e. The van der Waals surface area contributed by atoms with Gasteiger partial charge in [-0.3, -0.25) is 9.78 Å². The number of nitrogens with two attached hydrogens (primary N) is 3. The highest BCUT2D eigenvalue weighted by molar-refractivity contribution is 5.99. The third-order valence-electron chi connectivity index (χ3n) is 5.35. The molecule has 8 N–H and O–H groups in total. The molecule has 9 heteroatoms. The number of benzene rings is 1. The van der Waals surface area contributed by atoms with Crippen LogP contribution in [-0.4, -0.2) is 28.0 Å². The third kappa shape index (κ3) is 4.11. The Bertz CT molecular complexity index is 1100. The van der Waals surface area contributed by atoms with Crippen molar-refractivity contribution in [2.24, 2.45) is 11.5 Å². The number of aromatic nitrogens is 2. The van der Waals surface area contributed by atoms with Crippen molar-refractivity contribution in [3.8, 4) is 0 Å². The van der Waals surface area contributed by atoms with Crippen molar-refractivity contribution >= 4 is 39.8 Å². The van der Waals surface area contributed by atoms with Crippen LogP contribution in [0.2, 0.25) is 0 Å². The molecular formula is C21H24FN7O. The van der Waals surface area contributed by atoms with E-state index >= 15 is 0 Å². The Morgan fingerprint density at radius 3 is 2.70 bits per heavy atom. The summed E-state index contributed by atoms with van der Waals surface area (Å²) in [5, 5.41) is 6.98. The first-order chi connectivity index (χ1) is 14.4. The summed E-state index contributed by atoms with van der Waals surface area (Å²) in [6.07, 6.45) is 5.37. The number of amides is 1. The molecule has 1 aromatic carbocycles. The Morgan fingerprint density at radius 2 is 1.93 bits per heavy atom. The number of carbonyl (C=O) groups excluding carboxylic acids is 1. The monoisotopic (exact) mass is 409 g/mol. The highest BCUT2D eigenvalue weighted by Gasteiger charge is 2.24. The molecule has 1 saturated carbocycles. The summed E-state index contributed by atoms with van der Waals surface area (Å²) in [6, 6.07) is 8.14. The maximum absolute atomic E-state index is 14.6. The smallest absolute Gasteiger partial charge is 0.252 e. The minimum atomic E-state index is -0.786. The number of hydrogen-bond acceptors (Lipinski definition) is 7. The number of anilines is 4. The van der Waals surface area contributed by atoms with Gasteiger partial charge in [-0.25, -0.2) is 9.37 Å². The van der Waals surface area contributed by atoms with Crippen molar-refractivity contribution in [2.75, 3.05) is 16.4 Å². The van der Waals surface area contributed by atoms with E-state index in [2.05, 4.69) is 20.6 Å². The highest BCUT2D eigenvalue weighted by atomic mass is 19.1. The van der Waals surface area contributed by atoms with Crippen LogP contribution in [0.5, 0.6) is 0 Å². The zero-order chi connectivity index (χ0) is 21.3. The zero-order valence-corrected chi connectivity index (χ0v) is 16.4.